The van der Waals surface area contributed by atoms with Crippen LogP contribution in [0.1, 0.15) is 15.9 Å². The van der Waals surface area contributed by atoms with Crippen molar-refractivity contribution in [2.45, 2.75) is 6.54 Å². The molecule has 0 aliphatic carbocycles. The van der Waals surface area contributed by atoms with Crippen molar-refractivity contribution in [2.75, 3.05) is 39.3 Å². The summed E-state index contributed by atoms with van der Waals surface area (Å²) >= 11 is 0. The van der Waals surface area contributed by atoms with Gasteiger partial charge in [-0.25, -0.2) is 0 Å². The van der Waals surface area contributed by atoms with Gasteiger partial charge in [-0.05, 0) is 47.0 Å². The van der Waals surface area contributed by atoms with Crippen LogP contribution in [0.15, 0.2) is 54.9 Å². The summed E-state index contributed by atoms with van der Waals surface area (Å²) in [6.45, 7) is 1.67. The largest absolute Gasteiger partial charge is 0.493 e. The summed E-state index contributed by atoms with van der Waals surface area (Å²) in [7, 11) is 5.21. The number of carbonyl (C=O) groups excluding carboxylic acids is 1. The highest BCUT2D eigenvalue weighted by Crippen LogP contribution is 2.40. The van der Waals surface area contributed by atoms with E-state index in [0.29, 0.717) is 36.0 Å². The molecule has 4 rings (SSSR count). The summed E-state index contributed by atoms with van der Waals surface area (Å²) in [6, 6.07) is 13.4. The fourth-order valence-corrected chi connectivity index (χ4v) is 3.59. The molecular formula is C24H25N3O4. The van der Waals surface area contributed by atoms with Gasteiger partial charge in [-0.3, -0.25) is 9.78 Å². The summed E-state index contributed by atoms with van der Waals surface area (Å²) in [5.41, 5.74) is 4.12. The van der Waals surface area contributed by atoms with Gasteiger partial charge in [-0.15, -0.1) is 0 Å². The zero-order valence-corrected chi connectivity index (χ0v) is 17.8. The fraction of sp³-hybridized carbons (Fsp3) is 0.250. The molecule has 7 nitrogen and oxygen atoms in total. The summed E-state index contributed by atoms with van der Waals surface area (Å²) < 4.78 is 16.7. The second-order valence-corrected chi connectivity index (χ2v) is 7.26. The number of benzene rings is 2. The number of nitrogens with zero attached hydrogens (tertiary/aromatic N) is 2. The minimum atomic E-state index is -0.197. The van der Waals surface area contributed by atoms with E-state index < -0.39 is 0 Å². The third kappa shape index (κ3) is 4.26. The van der Waals surface area contributed by atoms with Gasteiger partial charge in [0.25, 0.3) is 5.91 Å². The molecule has 7 heteroatoms. The number of nitrogens with one attached hydrogen (secondary N) is 1. The van der Waals surface area contributed by atoms with Crippen LogP contribution in [0, 0.1) is 0 Å². The Balaban J connectivity index is 1.72. The third-order valence-corrected chi connectivity index (χ3v) is 5.29. The second-order valence-electron chi connectivity index (χ2n) is 7.26. The number of aromatic nitrogens is 1. The molecule has 0 radical (unpaired) electrons. The van der Waals surface area contributed by atoms with Gasteiger partial charge in [-0.1, -0.05) is 12.1 Å². The lowest BCUT2D eigenvalue weighted by Gasteiger charge is -2.30. The van der Waals surface area contributed by atoms with Crippen molar-refractivity contribution in [1.82, 2.24) is 10.3 Å². The Morgan fingerprint density at radius 2 is 1.97 bits per heavy atom. The molecule has 1 aromatic heterocycles. The Morgan fingerprint density at radius 3 is 2.71 bits per heavy atom. The second kappa shape index (κ2) is 8.95. The van der Waals surface area contributed by atoms with Crippen LogP contribution >= 0.6 is 0 Å². The quantitative estimate of drug-likeness (QED) is 0.659. The lowest BCUT2D eigenvalue weighted by Crippen LogP contribution is -2.31. The lowest BCUT2D eigenvalue weighted by molar-refractivity contribution is 0.0946. The Morgan fingerprint density at radius 1 is 1.13 bits per heavy atom. The molecule has 31 heavy (non-hydrogen) atoms. The number of amides is 1. The van der Waals surface area contributed by atoms with E-state index in [1.807, 2.05) is 49.5 Å². The molecule has 2 heterocycles. The van der Waals surface area contributed by atoms with E-state index in [0.717, 1.165) is 28.9 Å². The predicted molar refractivity (Wildman–Crippen MR) is 119 cm³/mol. The molecule has 1 aliphatic rings. The number of likely N-dealkylation sites (N-methyl/N-ethyl adjacent to an activating group) is 1. The van der Waals surface area contributed by atoms with E-state index in [-0.39, 0.29) is 5.91 Å². The van der Waals surface area contributed by atoms with E-state index in [4.69, 9.17) is 14.2 Å². The molecule has 1 amide bonds. The average Bonchev–Trinajstić information content (AvgIpc) is 2.82. The van der Waals surface area contributed by atoms with Gasteiger partial charge >= 0.3 is 0 Å². The average molecular weight is 419 g/mol. The van der Waals surface area contributed by atoms with Crippen LogP contribution in [-0.2, 0) is 6.54 Å². The van der Waals surface area contributed by atoms with E-state index in [1.54, 1.807) is 26.6 Å². The zero-order chi connectivity index (χ0) is 21.8. The molecule has 0 saturated heterocycles. The number of hydrogen-bond donors (Lipinski definition) is 1. The van der Waals surface area contributed by atoms with Crippen molar-refractivity contribution in [2.24, 2.45) is 0 Å². The highest BCUT2D eigenvalue weighted by molar-refractivity contribution is 6.01. The topological polar surface area (TPSA) is 72.9 Å². The molecule has 0 unspecified atom stereocenters. The molecule has 0 atom stereocenters. The number of hydrogen-bond acceptors (Lipinski definition) is 6. The van der Waals surface area contributed by atoms with E-state index in [2.05, 4.69) is 15.2 Å². The van der Waals surface area contributed by atoms with Gasteiger partial charge in [0.05, 0.1) is 32.0 Å². The Bertz CT molecular complexity index is 1090. The maximum Gasteiger partial charge on any atom is 0.255 e. The number of methoxy groups -OCH3 is 2. The zero-order valence-electron chi connectivity index (χ0n) is 17.8. The standard InChI is InChI=1S/C24H25N3O4/c1-27-9-10-31-23-19(24(28)26-15-16-5-4-8-25-14-16)11-18(12-20(23)27)17-6-7-21(29-2)22(13-17)30-3/h4-8,11-14H,9-10,15H2,1-3H3,(H,26,28). The van der Waals surface area contributed by atoms with E-state index in [9.17, 15) is 4.79 Å². The van der Waals surface area contributed by atoms with Gasteiger partial charge in [0, 0.05) is 26.0 Å². The third-order valence-electron chi connectivity index (χ3n) is 5.29. The van der Waals surface area contributed by atoms with Crippen molar-refractivity contribution in [3.8, 4) is 28.4 Å². The van der Waals surface area contributed by atoms with Crippen molar-refractivity contribution < 1.29 is 19.0 Å². The minimum Gasteiger partial charge on any atom is -0.493 e. The number of carbonyl (C=O) groups is 1. The molecule has 0 bridgehead atoms. The van der Waals surface area contributed by atoms with E-state index in [1.165, 1.54) is 0 Å². The fourth-order valence-electron chi connectivity index (χ4n) is 3.59. The molecule has 2 aromatic carbocycles. The highest BCUT2D eigenvalue weighted by atomic mass is 16.5. The summed E-state index contributed by atoms with van der Waals surface area (Å²) in [4.78, 5) is 19.3. The van der Waals surface area contributed by atoms with E-state index >= 15 is 0 Å². The first-order valence-electron chi connectivity index (χ1n) is 10.0. The SMILES string of the molecule is COc1ccc(-c2cc(C(=O)NCc3cccnc3)c3c(c2)N(C)CCO3)cc1OC. The first kappa shape index (κ1) is 20.5. The van der Waals surface area contributed by atoms with Gasteiger partial charge in [-0.2, -0.15) is 0 Å². The number of fused-ring (bicyclic) bond motifs is 1. The van der Waals surface area contributed by atoms with Crippen LogP contribution < -0.4 is 24.4 Å². The van der Waals surface area contributed by atoms with Crippen molar-refractivity contribution in [3.63, 3.8) is 0 Å². The first-order chi connectivity index (χ1) is 15.1. The van der Waals surface area contributed by atoms with Gasteiger partial charge in [0.15, 0.2) is 17.2 Å². The van der Waals surface area contributed by atoms with Crippen LogP contribution in [0.25, 0.3) is 11.1 Å². The van der Waals surface area contributed by atoms with Crippen LogP contribution in [0.3, 0.4) is 0 Å². The molecule has 1 N–H and O–H groups in total. The van der Waals surface area contributed by atoms with Gasteiger partial charge in [0.2, 0.25) is 0 Å². The monoisotopic (exact) mass is 419 g/mol. The number of rotatable bonds is 6. The summed E-state index contributed by atoms with van der Waals surface area (Å²) in [5, 5.41) is 2.98. The molecule has 0 spiro atoms. The number of anilines is 1. The Labute approximate surface area is 181 Å². The Hall–Kier alpha value is -3.74. The van der Waals surface area contributed by atoms with Crippen LogP contribution in [0.2, 0.25) is 0 Å². The van der Waals surface area contributed by atoms with Gasteiger partial charge in [0.1, 0.15) is 6.61 Å². The predicted octanol–water partition coefficient (Wildman–Crippen LogP) is 3.52. The summed E-state index contributed by atoms with van der Waals surface area (Å²) in [5.74, 6) is 1.68. The molecule has 160 valence electrons. The Kier molecular flexibility index (Phi) is 5.93. The molecule has 0 saturated carbocycles. The molecule has 0 fully saturated rings. The van der Waals surface area contributed by atoms with Crippen molar-refractivity contribution in [3.05, 3.63) is 66.0 Å². The lowest BCUT2D eigenvalue weighted by atomic mass is 9.99. The van der Waals surface area contributed by atoms with Crippen LogP contribution in [0.4, 0.5) is 5.69 Å². The molecule has 3 aromatic rings. The molecule has 1 aliphatic heterocycles. The van der Waals surface area contributed by atoms with Crippen LogP contribution in [0.5, 0.6) is 17.2 Å². The minimum absolute atomic E-state index is 0.197. The maximum absolute atomic E-state index is 13.1. The van der Waals surface area contributed by atoms with Crippen LogP contribution in [-0.4, -0.2) is 45.3 Å². The van der Waals surface area contributed by atoms with Gasteiger partial charge < -0.3 is 24.4 Å². The normalized spacial score (nSPS) is 12.5. The highest BCUT2D eigenvalue weighted by Gasteiger charge is 2.24. The maximum atomic E-state index is 13.1. The summed E-state index contributed by atoms with van der Waals surface area (Å²) in [6.07, 6.45) is 3.44. The van der Waals surface area contributed by atoms with Crippen molar-refractivity contribution >= 4 is 11.6 Å². The number of ether oxygens (including phenoxy) is 3. The van der Waals surface area contributed by atoms with Crippen molar-refractivity contribution in [1.29, 1.82) is 0 Å². The first-order valence-corrected chi connectivity index (χ1v) is 10.0. The number of pyridine rings is 1. The molecular weight excluding hydrogens is 394 g/mol. The smallest absolute Gasteiger partial charge is 0.255 e.